The van der Waals surface area contributed by atoms with Gasteiger partial charge in [0.2, 0.25) is 0 Å². The number of amides is 1. The van der Waals surface area contributed by atoms with Gasteiger partial charge in [0.05, 0.1) is 5.56 Å². The molecule has 4 heteroatoms. The highest BCUT2D eigenvalue weighted by Crippen LogP contribution is 2.24. The Morgan fingerprint density at radius 1 is 1.26 bits per heavy atom. The van der Waals surface area contributed by atoms with Gasteiger partial charge in [-0.1, -0.05) is 0 Å². The molecule has 1 aromatic rings. The molecule has 4 nitrogen and oxygen atoms in total. The molecule has 0 aliphatic carbocycles. The topological polar surface area (TPSA) is 45.5 Å². The molecule has 1 amide bonds. The average Bonchev–Trinajstić information content (AvgIpc) is 2.65. The van der Waals surface area contributed by atoms with Gasteiger partial charge in [0.25, 0.3) is 5.91 Å². The molecule has 0 spiro atoms. The molecule has 2 rings (SSSR count). The number of nitrogens with one attached hydrogen (secondary N) is 1. The van der Waals surface area contributed by atoms with Gasteiger partial charge in [0.1, 0.15) is 11.5 Å². The van der Waals surface area contributed by atoms with E-state index in [0.717, 1.165) is 55.1 Å². The van der Waals surface area contributed by atoms with Gasteiger partial charge >= 0.3 is 0 Å². The van der Waals surface area contributed by atoms with Gasteiger partial charge in [0, 0.05) is 18.2 Å². The normalized spacial score (nSPS) is 16.6. The Labute approximate surface area is 115 Å². The maximum Gasteiger partial charge on any atom is 0.257 e. The number of aryl methyl sites for hydroxylation is 2. The number of carbonyl (C=O) groups is 1. The molecule has 0 unspecified atom stereocenters. The molecule has 1 aliphatic heterocycles. The molecular weight excluding hydrogens is 240 g/mol. The fourth-order valence-electron chi connectivity index (χ4n) is 2.94. The molecule has 19 heavy (non-hydrogen) atoms. The number of carbonyl (C=O) groups excluding carboxylic acids is 1. The van der Waals surface area contributed by atoms with Gasteiger partial charge in [-0.2, -0.15) is 0 Å². The molecule has 106 valence electrons. The minimum atomic E-state index is 0.126. The lowest BCUT2D eigenvalue weighted by Crippen LogP contribution is -2.46. The lowest BCUT2D eigenvalue weighted by Gasteiger charge is -2.34. The Bertz CT molecular complexity index is 459. The molecule has 0 saturated carbocycles. The van der Waals surface area contributed by atoms with Crippen LogP contribution in [-0.4, -0.2) is 36.5 Å². The Morgan fingerprint density at radius 3 is 2.37 bits per heavy atom. The first kappa shape index (κ1) is 14.1. The van der Waals surface area contributed by atoms with Crippen LogP contribution in [0.3, 0.4) is 0 Å². The highest BCUT2D eigenvalue weighted by atomic mass is 16.3. The lowest BCUT2D eigenvalue weighted by atomic mass is 10.0. The summed E-state index contributed by atoms with van der Waals surface area (Å²) in [5, 5.41) is 3.34. The van der Waals surface area contributed by atoms with Crippen LogP contribution >= 0.6 is 0 Å². The van der Waals surface area contributed by atoms with Crippen LogP contribution in [0.4, 0.5) is 0 Å². The highest BCUT2D eigenvalue weighted by molar-refractivity contribution is 5.97. The number of hydrogen-bond donors (Lipinski definition) is 1. The highest BCUT2D eigenvalue weighted by Gasteiger charge is 2.28. The standard InChI is InChI=1S/C15H24N2O2/c1-5-17(13-6-8-16-9-7-13)15(18)14-10(2)11(3)19-12(14)4/h13,16H,5-9H2,1-4H3. The van der Waals surface area contributed by atoms with E-state index in [1.807, 2.05) is 25.7 Å². The third kappa shape index (κ3) is 2.68. The molecule has 0 atom stereocenters. The van der Waals surface area contributed by atoms with Crippen molar-refractivity contribution >= 4 is 5.91 Å². The fraction of sp³-hybridized carbons (Fsp3) is 0.667. The van der Waals surface area contributed by atoms with Gasteiger partial charge in [-0.05, 0) is 53.6 Å². The van der Waals surface area contributed by atoms with Crippen molar-refractivity contribution in [2.24, 2.45) is 0 Å². The van der Waals surface area contributed by atoms with E-state index in [9.17, 15) is 4.79 Å². The number of piperidine rings is 1. The molecule has 1 fully saturated rings. The second kappa shape index (κ2) is 5.78. The van der Waals surface area contributed by atoms with Crippen molar-refractivity contribution in [3.63, 3.8) is 0 Å². The minimum absolute atomic E-state index is 0.126. The van der Waals surface area contributed by atoms with Crippen LogP contribution in [0.2, 0.25) is 0 Å². The van der Waals surface area contributed by atoms with Crippen LogP contribution in [0, 0.1) is 20.8 Å². The smallest absolute Gasteiger partial charge is 0.257 e. The van der Waals surface area contributed by atoms with E-state index in [1.54, 1.807) is 0 Å². The Kier molecular flexibility index (Phi) is 4.30. The van der Waals surface area contributed by atoms with Crippen LogP contribution in [0.15, 0.2) is 4.42 Å². The summed E-state index contributed by atoms with van der Waals surface area (Å²) in [6.45, 7) is 10.6. The SMILES string of the molecule is CCN(C(=O)c1c(C)oc(C)c1C)C1CCNCC1. The predicted molar refractivity (Wildman–Crippen MR) is 75.5 cm³/mol. The van der Waals surface area contributed by atoms with Crippen LogP contribution < -0.4 is 5.32 Å². The monoisotopic (exact) mass is 264 g/mol. The molecule has 0 radical (unpaired) electrons. The molecule has 0 aromatic carbocycles. The van der Waals surface area contributed by atoms with E-state index >= 15 is 0 Å². The first-order valence-electron chi connectivity index (χ1n) is 7.14. The van der Waals surface area contributed by atoms with Crippen molar-refractivity contribution in [1.82, 2.24) is 10.2 Å². The van der Waals surface area contributed by atoms with Crippen LogP contribution in [0.5, 0.6) is 0 Å². The summed E-state index contributed by atoms with van der Waals surface area (Å²) in [5.74, 6) is 1.72. The van der Waals surface area contributed by atoms with Gasteiger partial charge in [0.15, 0.2) is 0 Å². The van der Waals surface area contributed by atoms with Crippen molar-refractivity contribution in [1.29, 1.82) is 0 Å². The quantitative estimate of drug-likeness (QED) is 0.912. The fourth-order valence-corrected chi connectivity index (χ4v) is 2.94. The maximum atomic E-state index is 12.8. The van der Waals surface area contributed by atoms with Crippen LogP contribution in [-0.2, 0) is 0 Å². The summed E-state index contributed by atoms with van der Waals surface area (Å²) in [5.41, 5.74) is 1.74. The summed E-state index contributed by atoms with van der Waals surface area (Å²) in [4.78, 5) is 14.8. The van der Waals surface area contributed by atoms with E-state index in [4.69, 9.17) is 4.42 Å². The number of hydrogen-bond acceptors (Lipinski definition) is 3. The third-order valence-electron chi connectivity index (χ3n) is 4.13. The molecule has 1 saturated heterocycles. The first-order valence-corrected chi connectivity index (χ1v) is 7.14. The van der Waals surface area contributed by atoms with Crippen molar-refractivity contribution in [3.8, 4) is 0 Å². The summed E-state index contributed by atoms with van der Waals surface area (Å²) in [7, 11) is 0. The largest absolute Gasteiger partial charge is 0.466 e. The van der Waals surface area contributed by atoms with Crippen LogP contribution in [0.25, 0.3) is 0 Å². The van der Waals surface area contributed by atoms with E-state index in [2.05, 4.69) is 12.2 Å². The Morgan fingerprint density at radius 2 is 1.89 bits per heavy atom. The maximum absolute atomic E-state index is 12.8. The molecule has 1 aliphatic rings. The van der Waals surface area contributed by atoms with Gasteiger partial charge < -0.3 is 14.6 Å². The summed E-state index contributed by atoms with van der Waals surface area (Å²) in [6.07, 6.45) is 2.07. The van der Waals surface area contributed by atoms with Gasteiger partial charge in [-0.3, -0.25) is 4.79 Å². The predicted octanol–water partition coefficient (Wildman–Crippen LogP) is 2.42. The number of rotatable bonds is 3. The van der Waals surface area contributed by atoms with Crippen molar-refractivity contribution in [3.05, 3.63) is 22.6 Å². The third-order valence-corrected chi connectivity index (χ3v) is 4.13. The van der Waals surface area contributed by atoms with Gasteiger partial charge in [-0.25, -0.2) is 0 Å². The van der Waals surface area contributed by atoms with E-state index < -0.39 is 0 Å². The molecular formula is C15H24N2O2. The van der Waals surface area contributed by atoms with Gasteiger partial charge in [-0.15, -0.1) is 0 Å². The molecule has 1 aromatic heterocycles. The Balaban J connectivity index is 2.24. The lowest BCUT2D eigenvalue weighted by molar-refractivity contribution is 0.0653. The summed E-state index contributed by atoms with van der Waals surface area (Å²) in [6, 6.07) is 0.354. The zero-order chi connectivity index (χ0) is 14.0. The molecule has 1 N–H and O–H groups in total. The summed E-state index contributed by atoms with van der Waals surface area (Å²) >= 11 is 0. The van der Waals surface area contributed by atoms with Crippen molar-refractivity contribution < 1.29 is 9.21 Å². The first-order chi connectivity index (χ1) is 9.06. The number of furan rings is 1. The summed E-state index contributed by atoms with van der Waals surface area (Å²) < 4.78 is 5.59. The van der Waals surface area contributed by atoms with E-state index in [0.29, 0.717) is 6.04 Å². The zero-order valence-electron chi connectivity index (χ0n) is 12.4. The molecule has 0 bridgehead atoms. The number of nitrogens with zero attached hydrogens (tertiary/aromatic N) is 1. The minimum Gasteiger partial charge on any atom is -0.466 e. The van der Waals surface area contributed by atoms with Crippen molar-refractivity contribution in [2.45, 2.75) is 46.6 Å². The Hall–Kier alpha value is -1.29. The second-order valence-corrected chi connectivity index (χ2v) is 5.29. The second-order valence-electron chi connectivity index (χ2n) is 5.29. The molecule has 2 heterocycles. The van der Waals surface area contributed by atoms with Crippen LogP contribution in [0.1, 0.15) is 47.2 Å². The van der Waals surface area contributed by atoms with Crippen molar-refractivity contribution in [2.75, 3.05) is 19.6 Å². The average molecular weight is 264 g/mol. The van der Waals surface area contributed by atoms with E-state index in [-0.39, 0.29) is 5.91 Å². The zero-order valence-corrected chi connectivity index (χ0v) is 12.4. The van der Waals surface area contributed by atoms with E-state index in [1.165, 1.54) is 0 Å².